The van der Waals surface area contributed by atoms with Gasteiger partial charge in [-0.15, -0.1) is 11.3 Å². The van der Waals surface area contributed by atoms with Crippen molar-refractivity contribution in [2.24, 2.45) is 0 Å². The van der Waals surface area contributed by atoms with Crippen LogP contribution in [-0.4, -0.2) is 33.5 Å². The number of hydrogen-bond donors (Lipinski definition) is 3. The number of anilines is 3. The fraction of sp³-hybridized carbons (Fsp3) is 0.111. The maximum absolute atomic E-state index is 13.9. The summed E-state index contributed by atoms with van der Waals surface area (Å²) in [5.41, 5.74) is 9.64. The lowest BCUT2D eigenvalue weighted by Crippen LogP contribution is -2.38. The van der Waals surface area contributed by atoms with Gasteiger partial charge in [-0.25, -0.2) is 8.42 Å². The third-order valence-corrected chi connectivity index (χ3v) is 7.21. The van der Waals surface area contributed by atoms with Crippen LogP contribution in [0.2, 0.25) is 0 Å². The predicted octanol–water partition coefficient (Wildman–Crippen LogP) is 4.31. The van der Waals surface area contributed by atoms with E-state index in [1.165, 1.54) is 7.05 Å². The number of likely N-dealkylation sites (N-methyl/N-ethyl adjacent to an activating group) is 1. The maximum atomic E-state index is 13.9. The highest BCUT2D eigenvalue weighted by molar-refractivity contribution is 7.88. The van der Waals surface area contributed by atoms with Gasteiger partial charge in [0.2, 0.25) is 15.9 Å². The van der Waals surface area contributed by atoms with Crippen molar-refractivity contribution >= 4 is 50.2 Å². The van der Waals surface area contributed by atoms with Crippen LogP contribution < -0.4 is 20.7 Å². The van der Waals surface area contributed by atoms with Gasteiger partial charge in [-0.3, -0.25) is 14.5 Å². The first-order valence-corrected chi connectivity index (χ1v) is 14.1. The minimum absolute atomic E-state index is 0.333. The third-order valence-electron chi connectivity index (χ3n) is 5.63. The number of nitrogens with one attached hydrogen (secondary N) is 2. The van der Waals surface area contributed by atoms with Crippen LogP contribution in [0, 0.1) is 0 Å². The van der Waals surface area contributed by atoms with Gasteiger partial charge in [0.15, 0.2) is 0 Å². The summed E-state index contributed by atoms with van der Waals surface area (Å²) in [4.78, 5) is 28.8. The number of thiophene rings is 1. The standard InChI is InChI=1S/C27H26N4O4S2/c1-29-26(32)25(30-37(2,34)35)18-10-12-19(13-11-18)27(33)31(21-7-4-3-5-8-21)23-17-20(14-15-22(23)28)24-9-6-16-36-24/h3-17,25,30H,28H2,1-2H3,(H,29,32). The molecule has 8 nitrogen and oxygen atoms in total. The SMILES string of the molecule is CNC(=O)C(NS(C)(=O)=O)c1ccc(C(=O)N(c2ccccc2)c2cc(-c3cccs3)ccc2N)cc1. The Balaban J connectivity index is 1.75. The van der Waals surface area contributed by atoms with Gasteiger partial charge in [0, 0.05) is 23.2 Å². The van der Waals surface area contributed by atoms with Gasteiger partial charge in [0.05, 0.1) is 17.6 Å². The molecule has 0 aliphatic rings. The summed E-state index contributed by atoms with van der Waals surface area (Å²) < 4.78 is 25.9. The number of nitrogen functional groups attached to an aromatic ring is 1. The number of amides is 2. The van der Waals surface area contributed by atoms with E-state index < -0.39 is 22.0 Å². The monoisotopic (exact) mass is 534 g/mol. The van der Waals surface area contributed by atoms with E-state index in [4.69, 9.17) is 5.73 Å². The molecule has 1 aromatic heterocycles. The van der Waals surface area contributed by atoms with Gasteiger partial charge in [-0.2, -0.15) is 4.72 Å². The number of carbonyl (C=O) groups excluding carboxylic acids is 2. The second-order valence-corrected chi connectivity index (χ2v) is 11.0. The molecule has 10 heteroatoms. The van der Waals surface area contributed by atoms with Crippen molar-refractivity contribution in [1.82, 2.24) is 10.0 Å². The average Bonchev–Trinajstić information content (AvgIpc) is 3.43. The quantitative estimate of drug-likeness (QED) is 0.291. The largest absolute Gasteiger partial charge is 0.397 e. The number of carbonyl (C=O) groups is 2. The second kappa shape index (κ2) is 11.0. The molecule has 190 valence electrons. The zero-order valence-electron chi connectivity index (χ0n) is 20.2. The molecule has 0 fully saturated rings. The summed E-state index contributed by atoms with van der Waals surface area (Å²) in [7, 11) is -2.24. The number of para-hydroxylation sites is 1. The van der Waals surface area contributed by atoms with Crippen LogP contribution in [0.25, 0.3) is 10.4 Å². The molecule has 37 heavy (non-hydrogen) atoms. The van der Waals surface area contributed by atoms with Crippen LogP contribution >= 0.6 is 11.3 Å². The van der Waals surface area contributed by atoms with Gasteiger partial charge in [0.25, 0.3) is 5.91 Å². The molecule has 1 heterocycles. The van der Waals surface area contributed by atoms with Gasteiger partial charge in [-0.1, -0.05) is 42.5 Å². The summed E-state index contributed by atoms with van der Waals surface area (Å²) >= 11 is 1.59. The molecule has 3 aromatic carbocycles. The summed E-state index contributed by atoms with van der Waals surface area (Å²) in [5, 5.41) is 4.44. The number of sulfonamides is 1. The molecule has 0 spiro atoms. The number of nitrogens with zero attached hydrogens (tertiary/aromatic N) is 1. The Bertz CT molecular complexity index is 1500. The van der Waals surface area contributed by atoms with Crippen LogP contribution in [0.4, 0.5) is 17.1 Å². The molecular formula is C27H26N4O4S2. The fourth-order valence-corrected chi connectivity index (χ4v) is 5.25. The number of hydrogen-bond acceptors (Lipinski definition) is 6. The molecule has 2 amide bonds. The van der Waals surface area contributed by atoms with E-state index in [0.29, 0.717) is 28.2 Å². The molecule has 0 saturated heterocycles. The Labute approximate surface area is 219 Å². The zero-order chi connectivity index (χ0) is 26.6. The topological polar surface area (TPSA) is 122 Å². The first-order chi connectivity index (χ1) is 17.7. The molecule has 0 bridgehead atoms. The van der Waals surface area contributed by atoms with Crippen molar-refractivity contribution in [2.75, 3.05) is 23.9 Å². The molecule has 1 atom stereocenters. The van der Waals surface area contributed by atoms with Crippen molar-refractivity contribution in [3.63, 3.8) is 0 Å². The van der Waals surface area contributed by atoms with Crippen molar-refractivity contribution in [3.8, 4) is 10.4 Å². The van der Waals surface area contributed by atoms with E-state index in [2.05, 4.69) is 10.0 Å². The Morgan fingerprint density at radius 1 is 0.946 bits per heavy atom. The predicted molar refractivity (Wildman–Crippen MR) is 148 cm³/mol. The smallest absolute Gasteiger partial charge is 0.262 e. The van der Waals surface area contributed by atoms with Gasteiger partial charge in [0.1, 0.15) is 6.04 Å². The van der Waals surface area contributed by atoms with Crippen molar-refractivity contribution in [3.05, 3.63) is 101 Å². The summed E-state index contributed by atoms with van der Waals surface area (Å²) in [5.74, 6) is -0.853. The molecule has 4 N–H and O–H groups in total. The lowest BCUT2D eigenvalue weighted by molar-refractivity contribution is -0.122. The summed E-state index contributed by atoms with van der Waals surface area (Å²) in [6.07, 6.45) is 0.979. The lowest BCUT2D eigenvalue weighted by Gasteiger charge is -2.25. The highest BCUT2D eigenvalue weighted by Gasteiger charge is 2.26. The van der Waals surface area contributed by atoms with Crippen molar-refractivity contribution < 1.29 is 18.0 Å². The molecule has 4 aromatic rings. The van der Waals surface area contributed by atoms with Crippen LogP contribution in [0.3, 0.4) is 0 Å². The fourth-order valence-electron chi connectivity index (χ4n) is 3.85. The third kappa shape index (κ3) is 6.05. The maximum Gasteiger partial charge on any atom is 0.262 e. The first kappa shape index (κ1) is 26.1. The van der Waals surface area contributed by atoms with E-state index >= 15 is 0 Å². The molecule has 0 aliphatic heterocycles. The van der Waals surface area contributed by atoms with E-state index in [-0.39, 0.29) is 5.91 Å². The highest BCUT2D eigenvalue weighted by Crippen LogP contribution is 2.37. The minimum atomic E-state index is -3.67. The van der Waals surface area contributed by atoms with Crippen LogP contribution in [0.1, 0.15) is 22.0 Å². The van der Waals surface area contributed by atoms with E-state index in [0.717, 1.165) is 16.7 Å². The van der Waals surface area contributed by atoms with E-state index in [1.54, 1.807) is 46.6 Å². The highest BCUT2D eigenvalue weighted by atomic mass is 32.2. The Morgan fingerprint density at radius 3 is 2.24 bits per heavy atom. The average molecular weight is 535 g/mol. The summed E-state index contributed by atoms with van der Waals surface area (Å²) in [6.45, 7) is 0. The van der Waals surface area contributed by atoms with E-state index in [9.17, 15) is 18.0 Å². The molecule has 0 aliphatic carbocycles. The summed E-state index contributed by atoms with van der Waals surface area (Å²) in [6, 6.07) is 23.8. The van der Waals surface area contributed by atoms with Gasteiger partial charge >= 0.3 is 0 Å². The Kier molecular flexibility index (Phi) is 7.72. The number of nitrogens with two attached hydrogens (primary N) is 1. The molecule has 0 saturated carbocycles. The molecule has 1 unspecified atom stereocenters. The van der Waals surface area contributed by atoms with Gasteiger partial charge < -0.3 is 11.1 Å². The Hall–Kier alpha value is -3.99. The van der Waals surface area contributed by atoms with Crippen molar-refractivity contribution in [1.29, 1.82) is 0 Å². The van der Waals surface area contributed by atoms with Crippen molar-refractivity contribution in [2.45, 2.75) is 6.04 Å². The zero-order valence-corrected chi connectivity index (χ0v) is 21.8. The molecule has 0 radical (unpaired) electrons. The Morgan fingerprint density at radius 2 is 1.65 bits per heavy atom. The number of benzene rings is 3. The van der Waals surface area contributed by atoms with Crippen LogP contribution in [0.15, 0.2) is 90.3 Å². The lowest BCUT2D eigenvalue weighted by atomic mass is 10.0. The normalized spacial score (nSPS) is 12.1. The minimum Gasteiger partial charge on any atom is -0.397 e. The molecule has 4 rings (SSSR count). The second-order valence-electron chi connectivity index (χ2n) is 8.29. The van der Waals surface area contributed by atoms with Gasteiger partial charge in [-0.05, 0) is 59.0 Å². The van der Waals surface area contributed by atoms with Crippen LogP contribution in [-0.2, 0) is 14.8 Å². The molecular weight excluding hydrogens is 508 g/mol. The van der Waals surface area contributed by atoms with E-state index in [1.807, 2.05) is 60.0 Å². The first-order valence-electron chi connectivity index (χ1n) is 11.3. The van der Waals surface area contributed by atoms with Crippen LogP contribution in [0.5, 0.6) is 0 Å². The number of rotatable bonds is 8.